The first-order valence-corrected chi connectivity index (χ1v) is 7.16. The second-order valence-corrected chi connectivity index (χ2v) is 5.48. The summed E-state index contributed by atoms with van der Waals surface area (Å²) in [4.78, 5) is 14.7. The summed E-state index contributed by atoms with van der Waals surface area (Å²) in [5.41, 5.74) is 2.42. The number of fused-ring (bicyclic) bond motifs is 1. The minimum Gasteiger partial charge on any atom is -0.312 e. The molecule has 1 aliphatic heterocycles. The summed E-state index contributed by atoms with van der Waals surface area (Å²) in [6.45, 7) is 0.895. The Labute approximate surface area is 109 Å². The zero-order chi connectivity index (χ0) is 12.4. The smallest absolute Gasteiger partial charge is 0.230 e. The molecular formula is C16H20NO. The topological polar surface area (TPSA) is 20.3 Å². The molecule has 0 spiro atoms. The minimum atomic E-state index is 0.272. The number of anilines is 1. The third kappa shape index (κ3) is 2.16. The molecule has 0 saturated heterocycles. The predicted molar refractivity (Wildman–Crippen MR) is 72.5 cm³/mol. The van der Waals surface area contributed by atoms with Crippen LogP contribution in [0.4, 0.5) is 5.69 Å². The molecule has 2 heteroatoms. The maximum Gasteiger partial charge on any atom is 0.230 e. The average molecular weight is 242 g/mol. The Balaban J connectivity index is 1.82. The molecule has 1 amide bonds. The van der Waals surface area contributed by atoms with Crippen molar-refractivity contribution in [2.45, 2.75) is 44.9 Å². The molecule has 95 valence electrons. The summed E-state index contributed by atoms with van der Waals surface area (Å²) in [7, 11) is 0. The van der Waals surface area contributed by atoms with Gasteiger partial charge in [0.2, 0.25) is 5.91 Å². The van der Waals surface area contributed by atoms with E-state index in [1.54, 1.807) is 0 Å². The first-order chi connectivity index (χ1) is 8.86. The molecule has 0 atom stereocenters. The number of benzene rings is 1. The second kappa shape index (κ2) is 5.13. The maximum atomic E-state index is 12.6. The van der Waals surface area contributed by atoms with Crippen LogP contribution in [0.2, 0.25) is 0 Å². The fraction of sp³-hybridized carbons (Fsp3) is 0.562. The van der Waals surface area contributed by atoms with Crippen LogP contribution >= 0.6 is 0 Å². The lowest BCUT2D eigenvalue weighted by molar-refractivity contribution is -0.123. The van der Waals surface area contributed by atoms with E-state index in [1.165, 1.54) is 24.8 Å². The molecule has 2 aliphatic rings. The summed E-state index contributed by atoms with van der Waals surface area (Å²) in [5, 5.41) is 0. The zero-order valence-electron chi connectivity index (χ0n) is 10.8. The van der Waals surface area contributed by atoms with Gasteiger partial charge in [0.05, 0.1) is 0 Å². The van der Waals surface area contributed by atoms with Crippen molar-refractivity contribution in [3.63, 3.8) is 0 Å². The standard InChI is InChI=1S/C16H20NO/c18-16(14-8-2-1-3-9-14)17-12-6-10-13-7-4-5-11-15(13)17/h5,7,11,14H,1-3,6,8-10,12H2. The Bertz CT molecular complexity index is 434. The number of rotatable bonds is 1. The average Bonchev–Trinajstić information content (AvgIpc) is 2.47. The van der Waals surface area contributed by atoms with E-state index in [1.807, 2.05) is 17.0 Å². The van der Waals surface area contributed by atoms with Crippen molar-refractivity contribution in [2.75, 3.05) is 11.4 Å². The Morgan fingerprint density at radius 2 is 2.06 bits per heavy atom. The summed E-state index contributed by atoms with van der Waals surface area (Å²) < 4.78 is 0. The van der Waals surface area contributed by atoms with Crippen LogP contribution in [0.15, 0.2) is 18.2 Å². The lowest BCUT2D eigenvalue weighted by atomic mass is 9.87. The molecule has 0 bridgehead atoms. The predicted octanol–water partition coefficient (Wildman–Crippen LogP) is 3.35. The van der Waals surface area contributed by atoms with Crippen LogP contribution in [-0.4, -0.2) is 12.5 Å². The van der Waals surface area contributed by atoms with E-state index in [2.05, 4.69) is 12.1 Å². The van der Waals surface area contributed by atoms with Gasteiger partial charge in [-0.2, -0.15) is 0 Å². The van der Waals surface area contributed by atoms with Crippen LogP contribution in [0.25, 0.3) is 0 Å². The van der Waals surface area contributed by atoms with Crippen molar-refractivity contribution < 1.29 is 4.79 Å². The van der Waals surface area contributed by atoms with Crippen LogP contribution in [0.3, 0.4) is 0 Å². The molecule has 18 heavy (non-hydrogen) atoms. The highest BCUT2D eigenvalue weighted by molar-refractivity contribution is 5.96. The van der Waals surface area contributed by atoms with Gasteiger partial charge in [0, 0.05) is 18.2 Å². The van der Waals surface area contributed by atoms with E-state index in [4.69, 9.17) is 0 Å². The molecule has 3 rings (SSSR count). The van der Waals surface area contributed by atoms with Gasteiger partial charge in [-0.05, 0) is 49.4 Å². The highest BCUT2D eigenvalue weighted by Crippen LogP contribution is 2.31. The van der Waals surface area contributed by atoms with E-state index in [0.717, 1.165) is 37.9 Å². The van der Waals surface area contributed by atoms with E-state index in [-0.39, 0.29) is 5.92 Å². The van der Waals surface area contributed by atoms with Gasteiger partial charge in [0.1, 0.15) is 0 Å². The quantitative estimate of drug-likeness (QED) is 0.739. The van der Waals surface area contributed by atoms with Gasteiger partial charge >= 0.3 is 0 Å². The fourth-order valence-electron chi connectivity index (χ4n) is 3.27. The van der Waals surface area contributed by atoms with Crippen molar-refractivity contribution in [1.82, 2.24) is 0 Å². The fourth-order valence-corrected chi connectivity index (χ4v) is 3.27. The Hall–Kier alpha value is -1.31. The molecule has 2 nitrogen and oxygen atoms in total. The molecule has 1 saturated carbocycles. The monoisotopic (exact) mass is 242 g/mol. The molecule has 0 aromatic heterocycles. The Kier molecular flexibility index (Phi) is 3.35. The third-order valence-electron chi connectivity index (χ3n) is 4.26. The summed E-state index contributed by atoms with van der Waals surface area (Å²) >= 11 is 0. The normalized spacial score (nSPS) is 20.6. The number of carbonyl (C=O) groups is 1. The van der Waals surface area contributed by atoms with E-state index >= 15 is 0 Å². The maximum absolute atomic E-state index is 12.6. The zero-order valence-corrected chi connectivity index (χ0v) is 10.8. The van der Waals surface area contributed by atoms with Crippen molar-refractivity contribution >= 4 is 11.6 Å². The van der Waals surface area contributed by atoms with E-state index in [9.17, 15) is 4.79 Å². The number of aryl methyl sites for hydroxylation is 1. The van der Waals surface area contributed by atoms with Gasteiger partial charge in [0.15, 0.2) is 0 Å². The second-order valence-electron chi connectivity index (χ2n) is 5.48. The SMILES string of the molecule is O=C(C1CCCCC1)N1CCCc2c[c]ccc21. The molecule has 0 unspecified atom stereocenters. The summed E-state index contributed by atoms with van der Waals surface area (Å²) in [6.07, 6.45) is 8.09. The highest BCUT2D eigenvalue weighted by atomic mass is 16.2. The molecule has 1 aliphatic carbocycles. The van der Waals surface area contributed by atoms with Gasteiger partial charge in [-0.15, -0.1) is 0 Å². The number of hydrogen-bond acceptors (Lipinski definition) is 1. The first-order valence-electron chi connectivity index (χ1n) is 7.16. The van der Waals surface area contributed by atoms with Gasteiger partial charge in [-0.1, -0.05) is 25.3 Å². The van der Waals surface area contributed by atoms with Crippen molar-refractivity contribution in [3.8, 4) is 0 Å². The molecule has 1 radical (unpaired) electrons. The number of carbonyl (C=O) groups excluding carboxylic acids is 1. The lowest BCUT2D eigenvalue weighted by Crippen LogP contribution is -2.40. The largest absolute Gasteiger partial charge is 0.312 e. The van der Waals surface area contributed by atoms with Crippen molar-refractivity contribution in [1.29, 1.82) is 0 Å². The van der Waals surface area contributed by atoms with Crippen LogP contribution in [0, 0.1) is 12.0 Å². The van der Waals surface area contributed by atoms with Crippen LogP contribution in [0.5, 0.6) is 0 Å². The van der Waals surface area contributed by atoms with Crippen LogP contribution in [0.1, 0.15) is 44.1 Å². The number of hydrogen-bond donors (Lipinski definition) is 0. The molecule has 1 heterocycles. The van der Waals surface area contributed by atoms with Crippen LogP contribution in [-0.2, 0) is 11.2 Å². The van der Waals surface area contributed by atoms with Gasteiger partial charge in [-0.3, -0.25) is 4.79 Å². The molecule has 0 N–H and O–H groups in total. The molecule has 1 aromatic carbocycles. The van der Waals surface area contributed by atoms with Gasteiger partial charge in [-0.25, -0.2) is 0 Å². The Morgan fingerprint density at radius 1 is 1.22 bits per heavy atom. The Morgan fingerprint density at radius 3 is 2.89 bits per heavy atom. The van der Waals surface area contributed by atoms with Gasteiger partial charge in [0.25, 0.3) is 0 Å². The summed E-state index contributed by atoms with van der Waals surface area (Å²) in [5.74, 6) is 0.635. The summed E-state index contributed by atoms with van der Waals surface area (Å²) in [6, 6.07) is 9.13. The number of amides is 1. The highest BCUT2D eigenvalue weighted by Gasteiger charge is 2.29. The van der Waals surface area contributed by atoms with Crippen molar-refractivity contribution in [2.24, 2.45) is 5.92 Å². The van der Waals surface area contributed by atoms with Crippen LogP contribution < -0.4 is 4.90 Å². The van der Waals surface area contributed by atoms with Crippen molar-refractivity contribution in [3.05, 3.63) is 29.8 Å². The number of nitrogens with zero attached hydrogens (tertiary/aromatic N) is 1. The minimum absolute atomic E-state index is 0.272. The molecule has 1 aromatic rings. The van der Waals surface area contributed by atoms with E-state index in [0.29, 0.717) is 5.91 Å². The van der Waals surface area contributed by atoms with E-state index < -0.39 is 0 Å². The third-order valence-corrected chi connectivity index (χ3v) is 4.26. The molecular weight excluding hydrogens is 222 g/mol. The lowest BCUT2D eigenvalue weighted by Gasteiger charge is -2.33. The first kappa shape index (κ1) is 11.8. The molecule has 1 fully saturated rings. The van der Waals surface area contributed by atoms with Gasteiger partial charge < -0.3 is 4.90 Å².